The summed E-state index contributed by atoms with van der Waals surface area (Å²) in [6.45, 7) is 3.01. The van der Waals surface area contributed by atoms with Crippen molar-refractivity contribution < 1.29 is 22.7 Å². The summed E-state index contributed by atoms with van der Waals surface area (Å²) in [5.74, 6) is 0.229. The molecule has 0 amide bonds. The van der Waals surface area contributed by atoms with E-state index in [9.17, 15) is 18.0 Å². The molecule has 10 heteroatoms. The van der Waals surface area contributed by atoms with Gasteiger partial charge in [-0.3, -0.25) is 9.89 Å². The van der Waals surface area contributed by atoms with Gasteiger partial charge >= 0.3 is 12.1 Å². The fourth-order valence-electron chi connectivity index (χ4n) is 3.08. The second kappa shape index (κ2) is 12.2. The van der Waals surface area contributed by atoms with Crippen LogP contribution >= 0.6 is 24.0 Å². The first kappa shape index (κ1) is 25.5. The third kappa shape index (κ3) is 9.20. The van der Waals surface area contributed by atoms with Crippen LogP contribution in [0.25, 0.3) is 0 Å². The Bertz CT molecular complexity index is 668. The topological polar surface area (TPSA) is 66.0 Å². The zero-order valence-electron chi connectivity index (χ0n) is 16.6. The fourth-order valence-corrected chi connectivity index (χ4v) is 3.08. The molecule has 0 spiro atoms. The fraction of sp³-hybridized carbons (Fsp3) is 0.579. The molecule has 1 heterocycles. The van der Waals surface area contributed by atoms with E-state index in [0.717, 1.165) is 5.56 Å². The monoisotopic (exact) mass is 528 g/mol. The van der Waals surface area contributed by atoms with Crippen LogP contribution in [0.4, 0.5) is 13.2 Å². The number of hydrogen-bond acceptors (Lipinski definition) is 4. The number of carbonyl (C=O) groups is 1. The molecule has 1 aliphatic heterocycles. The van der Waals surface area contributed by atoms with Crippen molar-refractivity contribution in [2.24, 2.45) is 4.99 Å². The van der Waals surface area contributed by atoms with Gasteiger partial charge in [0.1, 0.15) is 0 Å². The number of aliphatic imine (C=N–C) groups is 1. The van der Waals surface area contributed by atoms with Crippen LogP contribution in [0.3, 0.4) is 0 Å². The van der Waals surface area contributed by atoms with Gasteiger partial charge in [0, 0.05) is 32.2 Å². The number of methoxy groups -OCH3 is 1. The van der Waals surface area contributed by atoms with Gasteiger partial charge in [0.25, 0.3) is 0 Å². The number of likely N-dealkylation sites (tertiary alicyclic amines) is 1. The molecule has 0 bridgehead atoms. The molecule has 1 unspecified atom stereocenters. The second-order valence-electron chi connectivity index (χ2n) is 6.68. The minimum Gasteiger partial charge on any atom is -0.465 e. The van der Waals surface area contributed by atoms with Crippen molar-refractivity contribution >= 4 is 35.9 Å². The zero-order valence-corrected chi connectivity index (χ0v) is 18.9. The highest BCUT2D eigenvalue weighted by molar-refractivity contribution is 14.0. The summed E-state index contributed by atoms with van der Waals surface area (Å²) < 4.78 is 42.2. The molecule has 29 heavy (non-hydrogen) atoms. The number of benzene rings is 1. The van der Waals surface area contributed by atoms with Crippen molar-refractivity contribution in [2.75, 3.05) is 39.8 Å². The molecule has 164 valence electrons. The molecule has 1 atom stereocenters. The van der Waals surface area contributed by atoms with Gasteiger partial charge in [-0.1, -0.05) is 12.1 Å². The molecular weight excluding hydrogens is 500 g/mol. The summed E-state index contributed by atoms with van der Waals surface area (Å²) in [4.78, 5) is 17.4. The van der Waals surface area contributed by atoms with Crippen LogP contribution in [0.15, 0.2) is 29.3 Å². The highest BCUT2D eigenvalue weighted by Gasteiger charge is 2.34. The van der Waals surface area contributed by atoms with Crippen molar-refractivity contribution in [1.29, 1.82) is 0 Å². The van der Waals surface area contributed by atoms with Gasteiger partial charge in [-0.05, 0) is 37.5 Å². The number of rotatable bonds is 7. The number of alkyl halides is 3. The Hall–Kier alpha value is -1.56. The quantitative estimate of drug-likeness (QED) is 0.247. The van der Waals surface area contributed by atoms with Gasteiger partial charge < -0.3 is 15.4 Å². The molecule has 2 rings (SSSR count). The first-order valence-corrected chi connectivity index (χ1v) is 9.32. The van der Waals surface area contributed by atoms with Crippen LogP contribution in [-0.4, -0.2) is 68.9 Å². The number of carbonyl (C=O) groups excluding carboxylic acids is 1. The Morgan fingerprint density at radius 1 is 1.31 bits per heavy atom. The summed E-state index contributed by atoms with van der Waals surface area (Å²) in [5.41, 5.74) is 1.53. The average molecular weight is 528 g/mol. The molecule has 1 saturated heterocycles. The number of halogens is 4. The minimum absolute atomic E-state index is 0. The van der Waals surface area contributed by atoms with Gasteiger partial charge in [0.2, 0.25) is 0 Å². The summed E-state index contributed by atoms with van der Waals surface area (Å²) in [6.07, 6.45) is -2.84. The highest BCUT2D eigenvalue weighted by atomic mass is 127. The molecule has 0 aromatic heterocycles. The average Bonchev–Trinajstić information content (AvgIpc) is 3.06. The number of nitrogens with zero attached hydrogens (tertiary/aromatic N) is 2. The van der Waals surface area contributed by atoms with Crippen molar-refractivity contribution in [1.82, 2.24) is 15.5 Å². The molecule has 2 N–H and O–H groups in total. The Balaban J connectivity index is 0.00000420. The van der Waals surface area contributed by atoms with Gasteiger partial charge in [-0.25, -0.2) is 4.79 Å². The maximum absolute atomic E-state index is 12.5. The van der Waals surface area contributed by atoms with E-state index in [-0.39, 0.29) is 36.0 Å². The van der Waals surface area contributed by atoms with E-state index in [4.69, 9.17) is 0 Å². The largest absolute Gasteiger partial charge is 0.465 e. The Kier molecular flexibility index (Phi) is 10.7. The maximum atomic E-state index is 12.5. The Labute approximate surface area is 186 Å². The van der Waals surface area contributed by atoms with Crippen LogP contribution in [0.1, 0.15) is 29.3 Å². The molecule has 1 aromatic rings. The van der Waals surface area contributed by atoms with Gasteiger partial charge in [0.15, 0.2) is 5.96 Å². The summed E-state index contributed by atoms with van der Waals surface area (Å²) in [7, 11) is 1.34. The van der Waals surface area contributed by atoms with Gasteiger partial charge in [-0.15, -0.1) is 24.0 Å². The summed E-state index contributed by atoms with van der Waals surface area (Å²) >= 11 is 0. The summed E-state index contributed by atoms with van der Waals surface area (Å²) in [6, 6.07) is 7.08. The standard InChI is InChI=1S/C19H27F3N4O2.HI/c1-3-23-18(25-16-9-11-26(12-16)13-19(20,21)22)24-10-8-14-4-6-15(7-5-14)17(27)28-2;/h4-7,16H,3,8-13H2,1-2H3,(H2,23,24,25);1H. The van der Waals surface area contributed by atoms with Crippen molar-refractivity contribution in [3.63, 3.8) is 0 Å². The van der Waals surface area contributed by atoms with E-state index in [0.29, 0.717) is 50.5 Å². The lowest BCUT2D eigenvalue weighted by atomic mass is 10.1. The third-order valence-corrected chi connectivity index (χ3v) is 4.41. The number of esters is 1. The van der Waals surface area contributed by atoms with Crippen molar-refractivity contribution in [2.45, 2.75) is 32.0 Å². The Morgan fingerprint density at radius 3 is 2.59 bits per heavy atom. The van der Waals surface area contributed by atoms with Crippen LogP contribution in [-0.2, 0) is 11.2 Å². The van der Waals surface area contributed by atoms with E-state index in [1.165, 1.54) is 12.0 Å². The first-order valence-electron chi connectivity index (χ1n) is 9.32. The molecule has 0 radical (unpaired) electrons. The molecule has 1 aliphatic rings. The van der Waals surface area contributed by atoms with Gasteiger partial charge in [0.05, 0.1) is 19.2 Å². The van der Waals surface area contributed by atoms with Crippen LogP contribution in [0, 0.1) is 0 Å². The van der Waals surface area contributed by atoms with Crippen LogP contribution < -0.4 is 10.6 Å². The molecule has 0 saturated carbocycles. The second-order valence-corrected chi connectivity index (χ2v) is 6.68. The van der Waals surface area contributed by atoms with Crippen molar-refractivity contribution in [3.8, 4) is 0 Å². The smallest absolute Gasteiger partial charge is 0.401 e. The van der Waals surface area contributed by atoms with Crippen LogP contribution in [0.2, 0.25) is 0 Å². The van der Waals surface area contributed by atoms with Crippen LogP contribution in [0.5, 0.6) is 0 Å². The maximum Gasteiger partial charge on any atom is 0.401 e. The van der Waals surface area contributed by atoms with Crippen molar-refractivity contribution in [3.05, 3.63) is 35.4 Å². The lowest BCUT2D eigenvalue weighted by Gasteiger charge is -2.19. The highest BCUT2D eigenvalue weighted by Crippen LogP contribution is 2.19. The Morgan fingerprint density at radius 2 is 2.00 bits per heavy atom. The van der Waals surface area contributed by atoms with E-state index < -0.39 is 12.7 Å². The molecule has 1 fully saturated rings. The lowest BCUT2D eigenvalue weighted by molar-refractivity contribution is -0.143. The zero-order chi connectivity index (χ0) is 20.6. The number of ether oxygens (including phenoxy) is 1. The number of guanidine groups is 1. The molecule has 6 nitrogen and oxygen atoms in total. The van der Waals surface area contributed by atoms with E-state index in [2.05, 4.69) is 20.4 Å². The minimum atomic E-state index is -4.17. The van der Waals surface area contributed by atoms with E-state index in [1.54, 1.807) is 12.1 Å². The predicted molar refractivity (Wildman–Crippen MR) is 117 cm³/mol. The first-order chi connectivity index (χ1) is 13.3. The predicted octanol–water partition coefficient (Wildman–Crippen LogP) is 2.83. The molecular formula is C19H28F3IN4O2. The lowest BCUT2D eigenvalue weighted by Crippen LogP contribution is -2.45. The van der Waals surface area contributed by atoms with E-state index in [1.807, 2.05) is 19.1 Å². The molecule has 1 aromatic carbocycles. The number of nitrogens with one attached hydrogen (secondary N) is 2. The van der Waals surface area contributed by atoms with Gasteiger partial charge in [-0.2, -0.15) is 13.2 Å². The third-order valence-electron chi connectivity index (χ3n) is 4.41. The molecule has 0 aliphatic carbocycles. The SMILES string of the molecule is CCNC(=NCCc1ccc(C(=O)OC)cc1)NC1CCN(CC(F)(F)F)C1.I. The summed E-state index contributed by atoms with van der Waals surface area (Å²) in [5, 5.41) is 6.35. The van der Waals surface area contributed by atoms with E-state index >= 15 is 0 Å². The number of hydrogen-bond donors (Lipinski definition) is 2. The normalized spacial score (nSPS) is 17.6.